The van der Waals surface area contributed by atoms with Crippen molar-refractivity contribution in [2.45, 2.75) is 5.33 Å². The van der Waals surface area contributed by atoms with E-state index in [4.69, 9.17) is 4.74 Å². The molecule has 0 aliphatic heterocycles. The Hall–Kier alpha value is -2.08. The fraction of sp³-hybridized carbons (Fsp3) is 0.143. The fourth-order valence-electron chi connectivity index (χ4n) is 1.94. The lowest BCUT2D eigenvalue weighted by Crippen LogP contribution is -1.99. The van der Waals surface area contributed by atoms with E-state index < -0.39 is 0 Å². The van der Waals surface area contributed by atoms with E-state index in [1.54, 1.807) is 13.2 Å². The summed E-state index contributed by atoms with van der Waals surface area (Å²) in [6, 6.07) is 10.8. The third kappa shape index (κ3) is 2.22. The molecule has 0 saturated carbocycles. The Morgan fingerprint density at radius 3 is 2.70 bits per heavy atom. The van der Waals surface area contributed by atoms with Crippen molar-refractivity contribution in [1.29, 1.82) is 0 Å². The highest BCUT2D eigenvalue weighted by Gasteiger charge is 2.10. The van der Waals surface area contributed by atoms with Crippen LogP contribution in [0.1, 0.15) is 5.56 Å². The molecule has 1 aromatic heterocycles. The topological polar surface area (TPSA) is 60.2 Å². The Morgan fingerprint density at radius 2 is 1.95 bits per heavy atom. The van der Waals surface area contributed by atoms with Crippen molar-refractivity contribution < 1.29 is 9.84 Å². The third-order valence-electron chi connectivity index (χ3n) is 3.00. The number of methoxy groups -OCH3 is 1. The van der Waals surface area contributed by atoms with Crippen molar-refractivity contribution in [2.24, 2.45) is 0 Å². The summed E-state index contributed by atoms with van der Waals surface area (Å²) in [6.07, 6.45) is 0. The minimum absolute atomic E-state index is 0.141. The van der Waals surface area contributed by atoms with E-state index in [0.29, 0.717) is 16.5 Å². The molecular weight excluding hydrogens is 322 g/mol. The lowest BCUT2D eigenvalue weighted by Gasteiger charge is -2.04. The highest BCUT2D eigenvalue weighted by Crippen LogP contribution is 2.25. The number of ether oxygens (including phenoxy) is 1. The Kier molecular flexibility index (Phi) is 3.31. The first-order chi connectivity index (χ1) is 9.71. The zero-order chi connectivity index (χ0) is 14.1. The quantitative estimate of drug-likeness (QED) is 0.748. The molecule has 1 N–H and O–H groups in total. The Bertz CT molecular complexity index is 770. The minimum Gasteiger partial charge on any atom is -0.506 e. The highest BCUT2D eigenvalue weighted by molar-refractivity contribution is 9.08. The number of phenolic OH excluding ortho intramolecular Hbond substituents is 1. The third-order valence-corrected chi connectivity index (χ3v) is 3.64. The van der Waals surface area contributed by atoms with Crippen LogP contribution < -0.4 is 4.74 Å². The van der Waals surface area contributed by atoms with Crippen LogP contribution in [0.15, 0.2) is 36.4 Å². The second-order valence-electron chi connectivity index (χ2n) is 4.30. The molecule has 0 amide bonds. The number of halogens is 1. The smallest absolute Gasteiger partial charge is 0.143 e. The minimum atomic E-state index is 0.141. The molecule has 3 aromatic rings. The van der Waals surface area contributed by atoms with Gasteiger partial charge in [-0.05, 0) is 29.8 Å². The van der Waals surface area contributed by atoms with E-state index in [-0.39, 0.29) is 5.75 Å². The zero-order valence-electron chi connectivity index (χ0n) is 10.7. The summed E-state index contributed by atoms with van der Waals surface area (Å²) in [5, 5.41) is 19.4. The number of aromatic hydroxyl groups is 1. The molecule has 0 unspecified atom stereocenters. The van der Waals surface area contributed by atoms with Gasteiger partial charge in [-0.25, -0.2) is 0 Å². The molecule has 0 saturated heterocycles. The monoisotopic (exact) mass is 333 g/mol. The number of nitrogens with zero attached hydrogens (tertiary/aromatic N) is 3. The maximum atomic E-state index is 9.97. The fourth-order valence-corrected chi connectivity index (χ4v) is 2.29. The lowest BCUT2D eigenvalue weighted by molar-refractivity contribution is 0.415. The van der Waals surface area contributed by atoms with Crippen LogP contribution in [0.5, 0.6) is 11.5 Å². The summed E-state index contributed by atoms with van der Waals surface area (Å²) < 4.78 is 5.16. The first-order valence-corrected chi connectivity index (χ1v) is 7.13. The summed E-state index contributed by atoms with van der Waals surface area (Å²) in [6.45, 7) is 0. The van der Waals surface area contributed by atoms with Gasteiger partial charge in [0.2, 0.25) is 0 Å². The molecule has 0 fully saturated rings. The van der Waals surface area contributed by atoms with Gasteiger partial charge in [-0.1, -0.05) is 22.0 Å². The van der Waals surface area contributed by atoms with Crippen LogP contribution in [0.4, 0.5) is 0 Å². The summed E-state index contributed by atoms with van der Waals surface area (Å²) in [7, 11) is 1.61. The second kappa shape index (κ2) is 5.13. The molecule has 1 heterocycles. The van der Waals surface area contributed by atoms with E-state index in [9.17, 15) is 5.11 Å². The molecule has 102 valence electrons. The van der Waals surface area contributed by atoms with Crippen LogP contribution in [0.2, 0.25) is 0 Å². The van der Waals surface area contributed by atoms with Gasteiger partial charge in [-0.2, -0.15) is 0 Å². The van der Waals surface area contributed by atoms with Gasteiger partial charge in [0.15, 0.2) is 0 Å². The average Bonchev–Trinajstić information content (AvgIpc) is 2.90. The summed E-state index contributed by atoms with van der Waals surface area (Å²) in [5.41, 5.74) is 3.05. The maximum Gasteiger partial charge on any atom is 0.143 e. The Balaban J connectivity index is 2.14. The molecule has 6 heteroatoms. The van der Waals surface area contributed by atoms with Crippen molar-refractivity contribution in [1.82, 2.24) is 15.0 Å². The van der Waals surface area contributed by atoms with Gasteiger partial charge in [0.1, 0.15) is 28.2 Å². The molecule has 0 aliphatic carbocycles. The summed E-state index contributed by atoms with van der Waals surface area (Å²) in [4.78, 5) is 1.44. The molecule has 0 radical (unpaired) electrons. The van der Waals surface area contributed by atoms with Crippen molar-refractivity contribution >= 4 is 27.0 Å². The van der Waals surface area contributed by atoms with Crippen LogP contribution in [-0.4, -0.2) is 27.2 Å². The zero-order valence-corrected chi connectivity index (χ0v) is 12.3. The number of benzene rings is 2. The summed E-state index contributed by atoms with van der Waals surface area (Å²) in [5.74, 6) is 0.866. The average molecular weight is 334 g/mol. The number of hydrogen-bond acceptors (Lipinski definition) is 4. The molecule has 0 spiro atoms. The predicted octanol–water partition coefficient (Wildman–Crippen LogP) is 3.03. The number of fused-ring (bicyclic) bond motifs is 1. The Morgan fingerprint density at radius 1 is 1.15 bits per heavy atom. The first kappa shape index (κ1) is 12.9. The molecule has 0 atom stereocenters. The van der Waals surface area contributed by atoms with Crippen molar-refractivity contribution in [2.75, 3.05) is 7.11 Å². The molecule has 2 aromatic carbocycles. The van der Waals surface area contributed by atoms with Gasteiger partial charge in [0.05, 0.1) is 7.11 Å². The van der Waals surface area contributed by atoms with Gasteiger partial charge in [-0.3, -0.25) is 0 Å². The van der Waals surface area contributed by atoms with Crippen LogP contribution in [0.25, 0.3) is 16.7 Å². The van der Waals surface area contributed by atoms with Gasteiger partial charge >= 0.3 is 0 Å². The molecule has 20 heavy (non-hydrogen) atoms. The lowest BCUT2D eigenvalue weighted by atomic mass is 10.2. The van der Waals surface area contributed by atoms with Crippen molar-refractivity contribution in [3.63, 3.8) is 0 Å². The molecule has 0 bridgehead atoms. The van der Waals surface area contributed by atoms with E-state index in [1.165, 1.54) is 4.80 Å². The van der Waals surface area contributed by atoms with E-state index in [2.05, 4.69) is 26.1 Å². The number of phenols is 1. The molecular formula is C14H12BrN3O2. The SMILES string of the molecule is COc1ccc2nn(-c3cc(CBr)ccc3O)nc2c1. The van der Waals surface area contributed by atoms with Gasteiger partial charge in [-0.15, -0.1) is 15.0 Å². The standard InChI is InChI=1S/C14H12BrN3O2/c1-20-10-3-4-11-12(7-10)17-18(16-11)13-6-9(8-15)2-5-14(13)19/h2-7,19H,8H2,1H3. The van der Waals surface area contributed by atoms with Crippen molar-refractivity contribution in [3.8, 4) is 17.2 Å². The highest BCUT2D eigenvalue weighted by atomic mass is 79.9. The first-order valence-electron chi connectivity index (χ1n) is 6.00. The molecule has 0 aliphatic rings. The van der Waals surface area contributed by atoms with Crippen LogP contribution >= 0.6 is 15.9 Å². The van der Waals surface area contributed by atoms with E-state index in [0.717, 1.165) is 16.8 Å². The summed E-state index contributed by atoms with van der Waals surface area (Å²) >= 11 is 3.39. The molecule has 3 rings (SSSR count). The number of rotatable bonds is 3. The number of aromatic nitrogens is 3. The van der Waals surface area contributed by atoms with E-state index in [1.807, 2.05) is 30.3 Å². The normalized spacial score (nSPS) is 10.9. The second-order valence-corrected chi connectivity index (χ2v) is 4.86. The largest absolute Gasteiger partial charge is 0.506 e. The van der Waals surface area contributed by atoms with Crippen LogP contribution in [0, 0.1) is 0 Å². The molecule has 5 nitrogen and oxygen atoms in total. The number of hydrogen-bond donors (Lipinski definition) is 1. The van der Waals surface area contributed by atoms with Crippen LogP contribution in [-0.2, 0) is 5.33 Å². The van der Waals surface area contributed by atoms with E-state index >= 15 is 0 Å². The van der Waals surface area contributed by atoms with Gasteiger partial charge < -0.3 is 9.84 Å². The maximum absolute atomic E-state index is 9.97. The number of alkyl halides is 1. The van der Waals surface area contributed by atoms with Gasteiger partial charge in [0.25, 0.3) is 0 Å². The Labute approximate surface area is 123 Å². The van der Waals surface area contributed by atoms with Gasteiger partial charge in [0, 0.05) is 11.4 Å². The van der Waals surface area contributed by atoms with Crippen LogP contribution in [0.3, 0.4) is 0 Å². The van der Waals surface area contributed by atoms with Crippen molar-refractivity contribution in [3.05, 3.63) is 42.0 Å². The predicted molar refractivity (Wildman–Crippen MR) is 79.7 cm³/mol.